The summed E-state index contributed by atoms with van der Waals surface area (Å²) in [7, 11) is -2.39. The fourth-order valence-electron chi connectivity index (χ4n) is 5.36. The molecule has 1 fully saturated rings. The molecule has 1 saturated carbocycles. The molecule has 0 saturated heterocycles. The van der Waals surface area contributed by atoms with Crippen LogP contribution in [0.5, 0.6) is 0 Å². The van der Waals surface area contributed by atoms with Crippen LogP contribution in [0.25, 0.3) is 0 Å². The highest BCUT2D eigenvalue weighted by Gasteiger charge is 2.41. The number of hydrogen-bond acceptors (Lipinski definition) is 7. The number of benzene rings is 1. The van der Waals surface area contributed by atoms with E-state index in [2.05, 4.69) is 10.6 Å². The summed E-state index contributed by atoms with van der Waals surface area (Å²) in [6, 6.07) is 7.57. The average molecular weight is 598 g/mol. The van der Waals surface area contributed by atoms with E-state index in [0.29, 0.717) is 13.0 Å². The number of amides is 3. The molecule has 1 aromatic rings. The van der Waals surface area contributed by atoms with Crippen molar-refractivity contribution in [3.63, 3.8) is 0 Å². The van der Waals surface area contributed by atoms with Crippen molar-refractivity contribution in [1.82, 2.24) is 15.5 Å². The molecule has 0 bridgehead atoms. The van der Waals surface area contributed by atoms with E-state index in [1.165, 1.54) is 0 Å². The van der Waals surface area contributed by atoms with Crippen LogP contribution in [0, 0.1) is 5.92 Å². The van der Waals surface area contributed by atoms with Gasteiger partial charge in [0.25, 0.3) is 0 Å². The fourth-order valence-corrected chi connectivity index (χ4v) is 7.12. The Morgan fingerprint density at radius 1 is 1.05 bits per heavy atom. The number of rotatable bonds is 17. The molecule has 3 amide bonds. The Labute approximate surface area is 243 Å². The van der Waals surface area contributed by atoms with Gasteiger partial charge in [-0.25, -0.2) is 4.79 Å². The van der Waals surface area contributed by atoms with Gasteiger partial charge >= 0.3 is 13.7 Å². The van der Waals surface area contributed by atoms with E-state index in [0.717, 1.165) is 37.7 Å². The number of hydrogen-bond donors (Lipinski definition) is 4. The number of likely N-dealkylation sites (N-methyl/N-ethyl adjacent to an activating group) is 1. The molecule has 1 aromatic carbocycles. The topological polar surface area (TPSA) is 154 Å². The van der Waals surface area contributed by atoms with Crippen LogP contribution in [-0.4, -0.2) is 77.8 Å². The zero-order chi connectivity index (χ0) is 30.4. The lowest BCUT2D eigenvalue weighted by atomic mass is 9.84. The van der Waals surface area contributed by atoms with Crippen LogP contribution in [0.4, 0.5) is 4.79 Å². The van der Waals surface area contributed by atoms with Crippen molar-refractivity contribution < 1.29 is 38.2 Å². The lowest BCUT2D eigenvalue weighted by Gasteiger charge is -2.32. The number of carbonyl (C=O) groups is 3. The predicted octanol–water partition coefficient (Wildman–Crippen LogP) is 4.70. The highest BCUT2D eigenvalue weighted by atomic mass is 31.2. The summed E-state index contributed by atoms with van der Waals surface area (Å²) in [5.41, 5.74) is 1.09. The van der Waals surface area contributed by atoms with Gasteiger partial charge in [-0.05, 0) is 44.1 Å². The standard InChI is InChI=1S/C29H48N3O8P/c1-5-39-41(38,40-6-2)28(35)24(17-18-26(33)32(4)20-21(3)23-15-11-8-12-16-23)30-27(34)25(31-29(36)37)19-22-13-9-7-10-14-22/h8,11-12,15-16,21-22,24-25,28,31,35H,5-7,9-10,13-14,17-20H2,1-4H3,(H,30,34)(H,36,37). The second kappa shape index (κ2) is 17.5. The Morgan fingerprint density at radius 2 is 1.66 bits per heavy atom. The highest BCUT2D eigenvalue weighted by Crippen LogP contribution is 2.53. The average Bonchev–Trinajstić information content (AvgIpc) is 2.95. The molecule has 11 nitrogen and oxygen atoms in total. The fraction of sp³-hybridized carbons (Fsp3) is 0.690. The first-order chi connectivity index (χ1) is 19.5. The molecular formula is C29H48N3O8P. The van der Waals surface area contributed by atoms with Crippen molar-refractivity contribution in [2.45, 2.75) is 96.0 Å². The quantitative estimate of drug-likeness (QED) is 0.188. The van der Waals surface area contributed by atoms with Crippen LogP contribution in [0.15, 0.2) is 30.3 Å². The van der Waals surface area contributed by atoms with Crippen molar-refractivity contribution in [3.8, 4) is 0 Å². The van der Waals surface area contributed by atoms with Gasteiger partial charge in [-0.1, -0.05) is 69.4 Å². The van der Waals surface area contributed by atoms with Gasteiger partial charge in [0.15, 0.2) is 5.85 Å². The van der Waals surface area contributed by atoms with Gasteiger partial charge in [0.1, 0.15) is 6.04 Å². The molecule has 0 spiro atoms. The van der Waals surface area contributed by atoms with Gasteiger partial charge in [-0.15, -0.1) is 0 Å². The van der Waals surface area contributed by atoms with Crippen molar-refractivity contribution >= 4 is 25.5 Å². The first kappa shape index (κ1) is 34.7. The molecule has 1 aliphatic carbocycles. The lowest BCUT2D eigenvalue weighted by Crippen LogP contribution is -2.53. The normalized spacial score (nSPS) is 17.2. The first-order valence-electron chi connectivity index (χ1n) is 14.7. The van der Waals surface area contributed by atoms with Crippen LogP contribution in [0.2, 0.25) is 0 Å². The lowest BCUT2D eigenvalue weighted by molar-refractivity contribution is -0.131. The van der Waals surface area contributed by atoms with E-state index >= 15 is 0 Å². The summed E-state index contributed by atoms with van der Waals surface area (Å²) < 4.78 is 24.1. The first-order valence-corrected chi connectivity index (χ1v) is 16.3. The molecule has 0 heterocycles. The summed E-state index contributed by atoms with van der Waals surface area (Å²) >= 11 is 0. The van der Waals surface area contributed by atoms with E-state index in [9.17, 15) is 29.2 Å². The van der Waals surface area contributed by atoms with Gasteiger partial charge in [0.2, 0.25) is 11.8 Å². The molecule has 4 N–H and O–H groups in total. The summed E-state index contributed by atoms with van der Waals surface area (Å²) in [5.74, 6) is -2.35. The second-order valence-electron chi connectivity index (χ2n) is 10.8. The Kier molecular flexibility index (Phi) is 14.8. The largest absolute Gasteiger partial charge is 0.465 e. The maximum atomic E-state index is 13.4. The zero-order valence-electron chi connectivity index (χ0n) is 24.8. The smallest absolute Gasteiger partial charge is 0.405 e. The third-order valence-electron chi connectivity index (χ3n) is 7.55. The van der Waals surface area contributed by atoms with E-state index in [1.54, 1.807) is 25.8 Å². The SMILES string of the molecule is CCOP(=O)(OCC)C(O)C(CCC(=O)N(C)CC(C)c1ccccc1)NC(=O)C(CC1CCCCC1)NC(=O)O. The van der Waals surface area contributed by atoms with Crippen LogP contribution < -0.4 is 10.6 Å². The number of nitrogens with one attached hydrogen (secondary N) is 2. The highest BCUT2D eigenvalue weighted by molar-refractivity contribution is 7.54. The number of aliphatic hydroxyl groups excluding tert-OH is 1. The van der Waals surface area contributed by atoms with E-state index in [1.807, 2.05) is 37.3 Å². The van der Waals surface area contributed by atoms with Gasteiger partial charge in [-0.2, -0.15) is 0 Å². The van der Waals surface area contributed by atoms with Gasteiger partial charge in [-0.3, -0.25) is 14.2 Å². The van der Waals surface area contributed by atoms with Crippen LogP contribution in [-0.2, 0) is 23.2 Å². The number of carboxylic acid groups (broad SMARTS) is 1. The van der Waals surface area contributed by atoms with Crippen LogP contribution in [0.1, 0.15) is 83.6 Å². The molecule has 2 rings (SSSR count). The Bertz CT molecular complexity index is 995. The Morgan fingerprint density at radius 3 is 2.22 bits per heavy atom. The molecule has 0 aromatic heterocycles. The number of carbonyl (C=O) groups excluding carboxylic acids is 2. The van der Waals surface area contributed by atoms with Crippen molar-refractivity contribution in [3.05, 3.63) is 35.9 Å². The molecule has 232 valence electrons. The molecule has 0 aliphatic heterocycles. The van der Waals surface area contributed by atoms with Crippen molar-refractivity contribution in [2.75, 3.05) is 26.8 Å². The van der Waals surface area contributed by atoms with Gasteiger partial charge in [0.05, 0.1) is 19.3 Å². The Balaban J connectivity index is 2.18. The summed E-state index contributed by atoms with van der Waals surface area (Å²) in [6.45, 7) is 5.70. The minimum atomic E-state index is -4.08. The predicted molar refractivity (Wildman–Crippen MR) is 157 cm³/mol. The second-order valence-corrected chi connectivity index (χ2v) is 12.9. The summed E-state index contributed by atoms with van der Waals surface area (Å²) in [6.07, 6.45) is 3.85. The summed E-state index contributed by atoms with van der Waals surface area (Å²) in [5, 5.41) is 25.5. The molecule has 4 atom stereocenters. The van der Waals surface area contributed by atoms with Crippen LogP contribution in [0.3, 0.4) is 0 Å². The van der Waals surface area contributed by atoms with Crippen molar-refractivity contribution in [2.24, 2.45) is 5.92 Å². The third kappa shape index (κ3) is 11.4. The van der Waals surface area contributed by atoms with E-state index in [-0.39, 0.29) is 43.8 Å². The summed E-state index contributed by atoms with van der Waals surface area (Å²) in [4.78, 5) is 39.6. The maximum Gasteiger partial charge on any atom is 0.405 e. The number of aliphatic hydroxyl groups is 1. The van der Waals surface area contributed by atoms with Crippen molar-refractivity contribution in [1.29, 1.82) is 0 Å². The Hall–Kier alpha value is -2.46. The minimum Gasteiger partial charge on any atom is -0.465 e. The van der Waals surface area contributed by atoms with E-state index in [4.69, 9.17) is 9.05 Å². The maximum absolute atomic E-state index is 13.4. The zero-order valence-corrected chi connectivity index (χ0v) is 25.7. The van der Waals surface area contributed by atoms with Crippen LogP contribution >= 0.6 is 7.60 Å². The van der Waals surface area contributed by atoms with Gasteiger partial charge in [0, 0.05) is 20.0 Å². The molecule has 41 heavy (non-hydrogen) atoms. The monoisotopic (exact) mass is 597 g/mol. The molecule has 0 radical (unpaired) electrons. The minimum absolute atomic E-state index is 0.00107. The molecular weight excluding hydrogens is 549 g/mol. The third-order valence-corrected chi connectivity index (χ3v) is 9.79. The molecule has 4 unspecified atom stereocenters. The number of nitrogens with zero attached hydrogens (tertiary/aromatic N) is 1. The van der Waals surface area contributed by atoms with Gasteiger partial charge < -0.3 is 34.8 Å². The molecule has 1 aliphatic rings. The molecule has 12 heteroatoms. The van der Waals surface area contributed by atoms with E-state index < -0.39 is 37.5 Å².